The predicted molar refractivity (Wildman–Crippen MR) is 72.6 cm³/mol. The highest BCUT2D eigenvalue weighted by atomic mass is 32.1. The fourth-order valence-electron chi connectivity index (χ4n) is 1.47. The van der Waals surface area contributed by atoms with Crippen LogP contribution >= 0.6 is 11.3 Å². The van der Waals surface area contributed by atoms with Crippen molar-refractivity contribution in [1.29, 1.82) is 0 Å². The lowest BCUT2D eigenvalue weighted by Crippen LogP contribution is -2.35. The number of nitrogens with zero attached hydrogens (tertiary/aromatic N) is 4. The molecule has 0 aliphatic carbocycles. The SMILES string of the molecule is Cc1csc(Cn2cc(CNC(C)(C)C)nn2)n1. The van der Waals surface area contributed by atoms with E-state index in [2.05, 4.69) is 41.4 Å². The molecule has 0 spiro atoms. The van der Waals surface area contributed by atoms with Gasteiger partial charge in [-0.1, -0.05) is 5.21 Å². The lowest BCUT2D eigenvalue weighted by Gasteiger charge is -2.19. The van der Waals surface area contributed by atoms with E-state index in [-0.39, 0.29) is 5.54 Å². The van der Waals surface area contributed by atoms with E-state index >= 15 is 0 Å². The Labute approximate surface area is 111 Å². The molecule has 5 nitrogen and oxygen atoms in total. The molecule has 0 atom stereocenters. The Morgan fingerprint density at radius 1 is 1.39 bits per heavy atom. The first kappa shape index (κ1) is 13.2. The van der Waals surface area contributed by atoms with E-state index < -0.39 is 0 Å². The van der Waals surface area contributed by atoms with Crippen molar-refractivity contribution in [3.63, 3.8) is 0 Å². The van der Waals surface area contributed by atoms with Crippen molar-refractivity contribution in [2.75, 3.05) is 0 Å². The zero-order chi connectivity index (χ0) is 13.2. The second kappa shape index (κ2) is 5.16. The quantitative estimate of drug-likeness (QED) is 0.918. The highest BCUT2D eigenvalue weighted by molar-refractivity contribution is 7.09. The molecule has 2 aromatic rings. The topological polar surface area (TPSA) is 55.6 Å². The van der Waals surface area contributed by atoms with Crippen molar-refractivity contribution in [3.05, 3.63) is 28.0 Å². The number of hydrogen-bond acceptors (Lipinski definition) is 5. The number of nitrogens with one attached hydrogen (secondary N) is 1. The van der Waals surface area contributed by atoms with Gasteiger partial charge in [-0.05, 0) is 27.7 Å². The zero-order valence-electron chi connectivity index (χ0n) is 11.3. The molecule has 2 rings (SSSR count). The molecule has 2 heterocycles. The minimum Gasteiger partial charge on any atom is -0.306 e. The Kier molecular flexibility index (Phi) is 3.77. The first-order valence-corrected chi connectivity index (χ1v) is 6.85. The molecule has 1 N–H and O–H groups in total. The molecule has 0 saturated carbocycles. The van der Waals surface area contributed by atoms with E-state index in [1.54, 1.807) is 11.3 Å². The molecule has 0 amide bonds. The Balaban J connectivity index is 1.94. The van der Waals surface area contributed by atoms with Gasteiger partial charge in [0.05, 0.1) is 18.4 Å². The number of hydrogen-bond donors (Lipinski definition) is 1. The van der Waals surface area contributed by atoms with Crippen LogP contribution in [0.2, 0.25) is 0 Å². The summed E-state index contributed by atoms with van der Waals surface area (Å²) in [7, 11) is 0. The molecule has 98 valence electrons. The van der Waals surface area contributed by atoms with Gasteiger partial charge >= 0.3 is 0 Å². The molecule has 0 saturated heterocycles. The zero-order valence-corrected chi connectivity index (χ0v) is 12.1. The van der Waals surface area contributed by atoms with Crippen LogP contribution in [0.4, 0.5) is 0 Å². The number of aryl methyl sites for hydroxylation is 1. The van der Waals surface area contributed by atoms with Crippen molar-refractivity contribution in [1.82, 2.24) is 25.3 Å². The molecule has 2 aromatic heterocycles. The van der Waals surface area contributed by atoms with E-state index in [9.17, 15) is 0 Å². The molecule has 18 heavy (non-hydrogen) atoms. The van der Waals surface area contributed by atoms with Crippen molar-refractivity contribution in [3.8, 4) is 0 Å². The lowest BCUT2D eigenvalue weighted by atomic mass is 10.1. The summed E-state index contributed by atoms with van der Waals surface area (Å²) in [6, 6.07) is 0. The maximum absolute atomic E-state index is 4.41. The average molecular weight is 265 g/mol. The van der Waals surface area contributed by atoms with Gasteiger partial charge in [0.1, 0.15) is 5.01 Å². The third kappa shape index (κ3) is 3.89. The average Bonchev–Trinajstić information content (AvgIpc) is 2.85. The summed E-state index contributed by atoms with van der Waals surface area (Å²) in [5.74, 6) is 0. The van der Waals surface area contributed by atoms with Gasteiger partial charge in [-0.2, -0.15) is 0 Å². The van der Waals surface area contributed by atoms with Crippen molar-refractivity contribution >= 4 is 11.3 Å². The summed E-state index contributed by atoms with van der Waals surface area (Å²) in [6.45, 7) is 9.84. The summed E-state index contributed by atoms with van der Waals surface area (Å²) in [6.07, 6.45) is 1.97. The summed E-state index contributed by atoms with van der Waals surface area (Å²) < 4.78 is 1.83. The van der Waals surface area contributed by atoms with Crippen LogP contribution < -0.4 is 5.32 Å². The second-order valence-electron chi connectivity index (χ2n) is 5.39. The van der Waals surface area contributed by atoms with E-state index in [0.717, 1.165) is 22.9 Å². The van der Waals surface area contributed by atoms with Gasteiger partial charge in [0.25, 0.3) is 0 Å². The Morgan fingerprint density at radius 2 is 2.17 bits per heavy atom. The molecule has 0 aliphatic heterocycles. The molecule has 0 aliphatic rings. The van der Waals surface area contributed by atoms with Gasteiger partial charge in [-0.15, -0.1) is 16.4 Å². The van der Waals surface area contributed by atoms with Gasteiger partial charge in [-0.3, -0.25) is 0 Å². The van der Waals surface area contributed by atoms with Crippen LogP contribution in [0.1, 0.15) is 37.2 Å². The van der Waals surface area contributed by atoms with Gasteiger partial charge < -0.3 is 5.32 Å². The number of aromatic nitrogens is 4. The molecule has 6 heteroatoms. The van der Waals surface area contributed by atoms with E-state index in [0.29, 0.717) is 6.54 Å². The summed E-state index contributed by atoms with van der Waals surface area (Å²) >= 11 is 1.66. The Hall–Kier alpha value is -1.27. The lowest BCUT2D eigenvalue weighted by molar-refractivity contribution is 0.421. The van der Waals surface area contributed by atoms with Gasteiger partial charge in [-0.25, -0.2) is 9.67 Å². The first-order valence-electron chi connectivity index (χ1n) is 5.97. The standard InChI is InChI=1S/C12H19N5S/c1-9-8-18-11(14-9)7-17-6-10(15-16-17)5-13-12(2,3)4/h6,8,13H,5,7H2,1-4H3. The third-order valence-electron chi connectivity index (χ3n) is 2.35. The van der Waals surface area contributed by atoms with Gasteiger partial charge in [0, 0.05) is 23.2 Å². The summed E-state index contributed by atoms with van der Waals surface area (Å²) in [4.78, 5) is 4.41. The Bertz CT molecular complexity index is 509. The maximum atomic E-state index is 4.41. The molecule has 0 bridgehead atoms. The third-order valence-corrected chi connectivity index (χ3v) is 3.30. The van der Waals surface area contributed by atoms with Gasteiger partial charge in [0.15, 0.2) is 0 Å². The van der Waals surface area contributed by atoms with Crippen molar-refractivity contribution in [2.45, 2.75) is 46.3 Å². The molecule has 0 fully saturated rings. The van der Waals surface area contributed by atoms with Gasteiger partial charge in [0.2, 0.25) is 0 Å². The fourth-order valence-corrected chi connectivity index (χ4v) is 2.23. The highest BCUT2D eigenvalue weighted by Gasteiger charge is 2.10. The van der Waals surface area contributed by atoms with E-state index in [1.165, 1.54) is 0 Å². The molecule has 0 radical (unpaired) electrons. The normalized spacial score (nSPS) is 12.0. The maximum Gasteiger partial charge on any atom is 0.114 e. The van der Waals surface area contributed by atoms with Crippen molar-refractivity contribution < 1.29 is 0 Å². The largest absolute Gasteiger partial charge is 0.306 e. The molecular formula is C12H19N5S. The van der Waals surface area contributed by atoms with Crippen LogP contribution in [-0.4, -0.2) is 25.5 Å². The number of thiazole rings is 1. The van der Waals surface area contributed by atoms with E-state index in [4.69, 9.17) is 0 Å². The van der Waals surface area contributed by atoms with E-state index in [1.807, 2.05) is 23.2 Å². The first-order chi connectivity index (χ1) is 8.42. The molecule has 0 unspecified atom stereocenters. The van der Waals surface area contributed by atoms with Crippen LogP contribution in [0, 0.1) is 6.92 Å². The van der Waals surface area contributed by atoms with Crippen LogP contribution in [-0.2, 0) is 13.1 Å². The summed E-state index contributed by atoms with van der Waals surface area (Å²) in [5, 5.41) is 14.8. The monoisotopic (exact) mass is 265 g/mol. The minimum atomic E-state index is 0.0935. The Morgan fingerprint density at radius 3 is 2.78 bits per heavy atom. The van der Waals surface area contributed by atoms with Crippen LogP contribution in [0.25, 0.3) is 0 Å². The second-order valence-corrected chi connectivity index (χ2v) is 6.34. The molecular weight excluding hydrogens is 246 g/mol. The highest BCUT2D eigenvalue weighted by Crippen LogP contribution is 2.10. The van der Waals surface area contributed by atoms with Crippen molar-refractivity contribution in [2.24, 2.45) is 0 Å². The van der Waals surface area contributed by atoms with Crippen LogP contribution in [0.3, 0.4) is 0 Å². The predicted octanol–water partition coefficient (Wildman–Crippen LogP) is 1.98. The number of rotatable bonds is 4. The fraction of sp³-hybridized carbons (Fsp3) is 0.583. The minimum absolute atomic E-state index is 0.0935. The smallest absolute Gasteiger partial charge is 0.114 e. The van der Waals surface area contributed by atoms with Crippen LogP contribution in [0.15, 0.2) is 11.6 Å². The summed E-state index contributed by atoms with van der Waals surface area (Å²) in [5.41, 5.74) is 2.11. The van der Waals surface area contributed by atoms with Crippen LogP contribution in [0.5, 0.6) is 0 Å². The molecule has 0 aromatic carbocycles.